The van der Waals surface area contributed by atoms with Gasteiger partial charge in [-0.25, -0.2) is 4.79 Å². The van der Waals surface area contributed by atoms with E-state index in [0.29, 0.717) is 29.0 Å². The van der Waals surface area contributed by atoms with E-state index in [1.54, 1.807) is 9.58 Å². The number of fused-ring (bicyclic) bond motifs is 3. The van der Waals surface area contributed by atoms with Crippen molar-refractivity contribution in [3.63, 3.8) is 0 Å². The van der Waals surface area contributed by atoms with Gasteiger partial charge >= 0.3 is 6.09 Å². The summed E-state index contributed by atoms with van der Waals surface area (Å²) < 4.78 is 7.63. The first-order chi connectivity index (χ1) is 14.4. The van der Waals surface area contributed by atoms with Crippen molar-refractivity contribution in [2.45, 2.75) is 33.6 Å². The minimum absolute atomic E-state index is 0.400. The van der Waals surface area contributed by atoms with E-state index >= 15 is 0 Å². The molecule has 0 N–H and O–H groups in total. The van der Waals surface area contributed by atoms with Crippen LogP contribution in [0.5, 0.6) is 5.88 Å². The molecule has 0 fully saturated rings. The van der Waals surface area contributed by atoms with Gasteiger partial charge in [-0.3, -0.25) is 0 Å². The quantitative estimate of drug-likeness (QED) is 0.489. The number of hydrogen-bond acceptors (Lipinski definition) is 3. The Bertz CT molecular complexity index is 1120. The highest BCUT2D eigenvalue weighted by atomic mass is 35.5. The minimum atomic E-state index is -0.400. The highest BCUT2D eigenvalue weighted by molar-refractivity contribution is 6.31. The Morgan fingerprint density at radius 3 is 2.60 bits per heavy atom. The summed E-state index contributed by atoms with van der Waals surface area (Å²) in [6.07, 6.45) is 1.17. The van der Waals surface area contributed by atoms with Crippen LogP contribution in [0.3, 0.4) is 0 Å². The summed E-state index contributed by atoms with van der Waals surface area (Å²) in [5.74, 6) is 0.407. The topological polar surface area (TPSA) is 47.4 Å². The molecule has 30 heavy (non-hydrogen) atoms. The van der Waals surface area contributed by atoms with E-state index in [2.05, 4.69) is 0 Å². The number of carbonyl (C=O) groups is 1. The van der Waals surface area contributed by atoms with Crippen LogP contribution >= 0.6 is 23.2 Å². The number of benzene rings is 2. The first-order valence-electron chi connectivity index (χ1n) is 10.1. The third-order valence-electron chi connectivity index (χ3n) is 5.49. The van der Waals surface area contributed by atoms with Gasteiger partial charge in [0, 0.05) is 23.1 Å². The second-order valence-corrected chi connectivity index (χ2v) is 8.16. The van der Waals surface area contributed by atoms with Crippen LogP contribution < -0.4 is 4.74 Å². The fraction of sp³-hybridized carbons (Fsp3) is 0.304. The maximum absolute atomic E-state index is 12.8. The molecular formula is C23H23Cl2N3O2. The van der Waals surface area contributed by atoms with E-state index in [4.69, 9.17) is 33.0 Å². The number of nitrogens with zero attached hydrogens (tertiary/aromatic N) is 3. The number of amides is 1. The monoisotopic (exact) mass is 443 g/mol. The van der Waals surface area contributed by atoms with Gasteiger partial charge in [0.05, 0.1) is 16.9 Å². The SMILES string of the molecule is CCN(CC)C(=O)Oc1c2c(nn1-c1ccc(C)c(Cl)c1)CCc1cc(Cl)ccc1-2. The molecule has 156 valence electrons. The van der Waals surface area contributed by atoms with Gasteiger partial charge in [0.2, 0.25) is 5.88 Å². The Morgan fingerprint density at radius 2 is 1.90 bits per heavy atom. The molecule has 0 aliphatic heterocycles. The minimum Gasteiger partial charge on any atom is -0.390 e. The summed E-state index contributed by atoms with van der Waals surface area (Å²) in [5, 5.41) is 6.13. The number of ether oxygens (including phenoxy) is 1. The van der Waals surface area contributed by atoms with Crippen molar-refractivity contribution in [1.29, 1.82) is 0 Å². The summed E-state index contributed by atoms with van der Waals surface area (Å²) in [4.78, 5) is 14.5. The molecule has 0 atom stereocenters. The average molecular weight is 444 g/mol. The molecule has 5 nitrogen and oxygen atoms in total. The Labute approximate surface area is 186 Å². The molecule has 0 unspecified atom stereocenters. The third-order valence-corrected chi connectivity index (χ3v) is 6.13. The van der Waals surface area contributed by atoms with Gasteiger partial charge in [-0.1, -0.05) is 35.3 Å². The predicted molar refractivity (Wildman–Crippen MR) is 120 cm³/mol. The van der Waals surface area contributed by atoms with Crippen molar-refractivity contribution in [2.75, 3.05) is 13.1 Å². The Hall–Kier alpha value is -2.50. The molecule has 0 saturated heterocycles. The van der Waals surface area contributed by atoms with Crippen LogP contribution in [0.2, 0.25) is 10.0 Å². The van der Waals surface area contributed by atoms with E-state index in [9.17, 15) is 4.79 Å². The standard InChI is InChI=1S/C23H23Cl2N3O2/c1-4-27(5-2)23(29)30-22-21-18-10-8-16(24)12-15(18)7-11-20(21)26-28(22)17-9-6-14(3)19(25)13-17/h6,8-10,12-13H,4-5,7,11H2,1-3H3. The molecule has 0 bridgehead atoms. The Balaban J connectivity index is 1.90. The van der Waals surface area contributed by atoms with E-state index in [0.717, 1.165) is 46.5 Å². The third kappa shape index (κ3) is 3.68. The normalized spacial score (nSPS) is 12.3. The zero-order chi connectivity index (χ0) is 21.4. The smallest absolute Gasteiger partial charge is 0.390 e. The molecule has 0 spiro atoms. The van der Waals surface area contributed by atoms with Crippen molar-refractivity contribution < 1.29 is 9.53 Å². The highest BCUT2D eigenvalue weighted by Crippen LogP contribution is 2.42. The van der Waals surface area contributed by atoms with Crippen LogP contribution in [0.1, 0.15) is 30.7 Å². The molecule has 1 aromatic heterocycles. The summed E-state index contributed by atoms with van der Waals surface area (Å²) in [6.45, 7) is 6.92. The van der Waals surface area contributed by atoms with Gasteiger partial charge in [-0.2, -0.15) is 9.78 Å². The van der Waals surface area contributed by atoms with Crippen LogP contribution in [0.4, 0.5) is 4.79 Å². The Morgan fingerprint density at radius 1 is 1.13 bits per heavy atom. The fourth-order valence-corrected chi connectivity index (χ4v) is 4.14. The van der Waals surface area contributed by atoms with Gasteiger partial charge in [0.15, 0.2) is 0 Å². The number of aromatic nitrogens is 2. The van der Waals surface area contributed by atoms with Gasteiger partial charge in [0.25, 0.3) is 0 Å². The maximum Gasteiger partial charge on any atom is 0.416 e. The molecule has 1 amide bonds. The van der Waals surface area contributed by atoms with Crippen molar-refractivity contribution in [3.8, 4) is 22.7 Å². The van der Waals surface area contributed by atoms with Gasteiger partial charge in [0.1, 0.15) is 0 Å². The zero-order valence-electron chi connectivity index (χ0n) is 17.2. The first kappa shape index (κ1) is 20.8. The summed E-state index contributed by atoms with van der Waals surface area (Å²) >= 11 is 12.6. The van der Waals surface area contributed by atoms with Gasteiger partial charge in [-0.05, 0) is 74.6 Å². The van der Waals surface area contributed by atoms with Crippen LogP contribution in [0, 0.1) is 6.92 Å². The molecule has 2 aromatic carbocycles. The average Bonchev–Trinajstić information content (AvgIpc) is 3.09. The number of halogens is 2. The lowest BCUT2D eigenvalue weighted by atomic mass is 9.90. The van der Waals surface area contributed by atoms with Crippen LogP contribution in [0.15, 0.2) is 36.4 Å². The molecule has 4 rings (SSSR count). The summed E-state index contributed by atoms with van der Waals surface area (Å²) in [7, 11) is 0. The van der Waals surface area contributed by atoms with Crippen molar-refractivity contribution in [3.05, 3.63) is 63.3 Å². The molecule has 3 aromatic rings. The number of rotatable bonds is 4. The van der Waals surface area contributed by atoms with E-state index in [-0.39, 0.29) is 0 Å². The number of carbonyl (C=O) groups excluding carboxylic acids is 1. The van der Waals surface area contributed by atoms with Crippen LogP contribution in [0.25, 0.3) is 16.8 Å². The van der Waals surface area contributed by atoms with E-state index in [1.807, 2.05) is 57.2 Å². The second-order valence-electron chi connectivity index (χ2n) is 7.31. The van der Waals surface area contributed by atoms with Gasteiger partial charge < -0.3 is 9.64 Å². The lowest BCUT2D eigenvalue weighted by molar-refractivity contribution is 0.154. The second kappa shape index (κ2) is 8.32. The molecule has 7 heteroatoms. The van der Waals surface area contributed by atoms with Crippen LogP contribution in [-0.4, -0.2) is 33.9 Å². The van der Waals surface area contributed by atoms with Crippen LogP contribution in [-0.2, 0) is 12.8 Å². The zero-order valence-corrected chi connectivity index (χ0v) is 18.7. The van der Waals surface area contributed by atoms with Crippen molar-refractivity contribution in [2.24, 2.45) is 0 Å². The Kier molecular flexibility index (Phi) is 5.76. The summed E-state index contributed by atoms with van der Waals surface area (Å²) in [6, 6.07) is 11.5. The molecule has 0 radical (unpaired) electrons. The van der Waals surface area contributed by atoms with E-state index in [1.165, 1.54) is 0 Å². The van der Waals surface area contributed by atoms with E-state index < -0.39 is 6.09 Å². The molecule has 1 heterocycles. The summed E-state index contributed by atoms with van der Waals surface area (Å²) in [5.41, 5.74) is 5.56. The van der Waals surface area contributed by atoms with Crippen molar-refractivity contribution >= 4 is 29.3 Å². The lowest BCUT2D eigenvalue weighted by Gasteiger charge is -2.20. The molecular weight excluding hydrogens is 421 g/mol. The highest BCUT2D eigenvalue weighted by Gasteiger charge is 2.29. The fourth-order valence-electron chi connectivity index (χ4n) is 3.77. The largest absolute Gasteiger partial charge is 0.416 e. The molecule has 1 aliphatic rings. The molecule has 0 saturated carbocycles. The number of aryl methyl sites for hydroxylation is 3. The number of hydrogen-bond donors (Lipinski definition) is 0. The predicted octanol–water partition coefficient (Wildman–Crippen LogP) is 6.09. The maximum atomic E-state index is 12.8. The lowest BCUT2D eigenvalue weighted by Crippen LogP contribution is -2.33. The molecule has 1 aliphatic carbocycles. The van der Waals surface area contributed by atoms with Gasteiger partial charge in [-0.15, -0.1) is 0 Å². The van der Waals surface area contributed by atoms with Crippen molar-refractivity contribution in [1.82, 2.24) is 14.7 Å². The first-order valence-corrected chi connectivity index (χ1v) is 10.8.